The minimum atomic E-state index is -0.861. The molecule has 0 aliphatic rings. The second-order valence-corrected chi connectivity index (χ2v) is 7.13. The van der Waals surface area contributed by atoms with E-state index < -0.39 is 5.97 Å². The van der Waals surface area contributed by atoms with Gasteiger partial charge in [-0.1, -0.05) is 30.3 Å². The van der Waals surface area contributed by atoms with E-state index in [-0.39, 0.29) is 31.8 Å². The van der Waals surface area contributed by atoms with Gasteiger partial charge in [0, 0.05) is 44.2 Å². The van der Waals surface area contributed by atoms with E-state index in [1.54, 1.807) is 12.3 Å². The molecular weight excluding hydrogens is 399 g/mol. The number of rotatable bonds is 12. The predicted molar refractivity (Wildman–Crippen MR) is 128 cm³/mol. The van der Waals surface area contributed by atoms with Gasteiger partial charge in [-0.05, 0) is 49.7 Å². The van der Waals surface area contributed by atoms with E-state index in [4.69, 9.17) is 5.11 Å². The number of nitrogens with one attached hydrogen (secondary N) is 3. The molecule has 0 saturated carbocycles. The van der Waals surface area contributed by atoms with Crippen LogP contribution in [0.1, 0.15) is 24.0 Å². The van der Waals surface area contributed by atoms with Crippen molar-refractivity contribution in [3.63, 3.8) is 0 Å². The van der Waals surface area contributed by atoms with Crippen LogP contribution in [0, 0.1) is 0 Å². The van der Waals surface area contributed by atoms with Gasteiger partial charge in [0.1, 0.15) is 17.3 Å². The first-order valence-corrected chi connectivity index (χ1v) is 10.4. The molecule has 9 heteroatoms. The zero-order chi connectivity index (χ0) is 21.9. The Labute approximate surface area is 200 Å². The first kappa shape index (κ1) is 25.3. The van der Waals surface area contributed by atoms with Crippen molar-refractivity contribution in [2.75, 3.05) is 30.8 Å². The van der Waals surface area contributed by atoms with E-state index in [9.17, 15) is 4.79 Å². The normalized spacial score (nSPS) is 10.3. The van der Waals surface area contributed by atoms with E-state index in [1.807, 2.05) is 49.5 Å². The summed E-state index contributed by atoms with van der Waals surface area (Å²) in [5, 5.41) is 18.5. The number of nitrogens with zero attached hydrogens (tertiary/aromatic N) is 3. The van der Waals surface area contributed by atoms with Gasteiger partial charge < -0.3 is 21.1 Å². The van der Waals surface area contributed by atoms with Crippen molar-refractivity contribution < 1.29 is 9.90 Å². The maximum Gasteiger partial charge on any atom is 0.305 e. The summed E-state index contributed by atoms with van der Waals surface area (Å²) in [5.41, 5.74) is 2.99. The van der Waals surface area contributed by atoms with Crippen LogP contribution in [0.5, 0.6) is 0 Å². The van der Waals surface area contributed by atoms with Crippen molar-refractivity contribution in [1.82, 2.24) is 20.3 Å². The minimum absolute atomic E-state index is 0. The fourth-order valence-corrected chi connectivity index (χ4v) is 3.05. The Balaban J connectivity index is 0.00000363. The standard InChI is InChI=1S/C23H28N6O2.Li/c1-24-11-5-8-17-9-12-25-19(14-17)23-28-20(26-13-10-22(30)31)15-21(29-23)27-16-18-6-3-2-4-7-18;/h2-4,6-7,9,12,14-15,24H,5,8,10-11,13,16H2,1H3,(H,30,31)(H2,26,27,28,29);. The summed E-state index contributed by atoms with van der Waals surface area (Å²) in [7, 11) is 1.94. The van der Waals surface area contributed by atoms with Crippen LogP contribution in [0.4, 0.5) is 11.6 Å². The first-order valence-electron chi connectivity index (χ1n) is 10.4. The molecule has 8 nitrogen and oxygen atoms in total. The van der Waals surface area contributed by atoms with Crippen LogP contribution in [-0.2, 0) is 17.8 Å². The summed E-state index contributed by atoms with van der Waals surface area (Å²) in [5.74, 6) is 0.838. The van der Waals surface area contributed by atoms with Gasteiger partial charge in [-0.15, -0.1) is 0 Å². The SMILES string of the molecule is CNCCCc1ccnc(-c2nc(NCCC(=O)O)cc(NCc3ccccc3)n2)c1.[Li]. The minimum Gasteiger partial charge on any atom is -0.481 e. The Morgan fingerprint density at radius 1 is 0.969 bits per heavy atom. The average molecular weight is 427 g/mol. The molecule has 0 atom stereocenters. The largest absolute Gasteiger partial charge is 0.481 e. The number of hydrogen-bond donors (Lipinski definition) is 4. The van der Waals surface area contributed by atoms with Crippen molar-refractivity contribution in [3.8, 4) is 11.5 Å². The van der Waals surface area contributed by atoms with Gasteiger partial charge in [-0.2, -0.15) is 0 Å². The number of benzene rings is 1. The summed E-state index contributed by atoms with van der Waals surface area (Å²) < 4.78 is 0. The number of carboxylic acids is 1. The number of aromatic nitrogens is 3. The third-order valence-corrected chi connectivity index (χ3v) is 4.63. The average Bonchev–Trinajstić information content (AvgIpc) is 2.78. The van der Waals surface area contributed by atoms with Gasteiger partial charge in [0.05, 0.1) is 6.42 Å². The van der Waals surface area contributed by atoms with Crippen molar-refractivity contribution >= 4 is 36.5 Å². The number of anilines is 2. The Hall–Kier alpha value is -2.92. The Morgan fingerprint density at radius 2 is 1.72 bits per heavy atom. The Kier molecular flexibility index (Phi) is 10.7. The molecule has 2 heterocycles. The number of carbonyl (C=O) groups is 1. The molecule has 1 aromatic carbocycles. The molecule has 2 aromatic heterocycles. The summed E-state index contributed by atoms with van der Waals surface area (Å²) in [6.45, 7) is 1.84. The molecule has 3 aromatic rings. The molecular formula is C23H28LiN6O2. The molecule has 32 heavy (non-hydrogen) atoms. The quantitative estimate of drug-likeness (QED) is 0.258. The van der Waals surface area contributed by atoms with E-state index >= 15 is 0 Å². The summed E-state index contributed by atoms with van der Waals surface area (Å²) in [4.78, 5) is 24.5. The Bertz CT molecular complexity index is 987. The van der Waals surface area contributed by atoms with E-state index in [1.165, 1.54) is 5.56 Å². The molecule has 4 N–H and O–H groups in total. The van der Waals surface area contributed by atoms with Crippen LogP contribution in [0.25, 0.3) is 11.5 Å². The molecule has 0 spiro atoms. The van der Waals surface area contributed by atoms with Crippen LogP contribution in [0.15, 0.2) is 54.7 Å². The molecule has 0 saturated heterocycles. The van der Waals surface area contributed by atoms with Crippen molar-refractivity contribution in [2.45, 2.75) is 25.8 Å². The first-order chi connectivity index (χ1) is 15.1. The molecule has 0 aliphatic heterocycles. The van der Waals surface area contributed by atoms with Gasteiger partial charge >= 0.3 is 5.97 Å². The molecule has 0 bridgehead atoms. The Morgan fingerprint density at radius 3 is 2.44 bits per heavy atom. The molecule has 0 amide bonds. The van der Waals surface area contributed by atoms with Crippen LogP contribution in [-0.4, -0.2) is 65.0 Å². The number of hydrogen-bond acceptors (Lipinski definition) is 7. The molecule has 0 unspecified atom stereocenters. The number of pyridine rings is 1. The molecule has 0 aliphatic carbocycles. The van der Waals surface area contributed by atoms with Crippen LogP contribution < -0.4 is 16.0 Å². The molecule has 1 radical (unpaired) electrons. The zero-order valence-corrected chi connectivity index (χ0v) is 18.6. The fraction of sp³-hybridized carbons (Fsp3) is 0.304. The topological polar surface area (TPSA) is 112 Å². The van der Waals surface area contributed by atoms with Gasteiger partial charge in [0.25, 0.3) is 0 Å². The fourth-order valence-electron chi connectivity index (χ4n) is 3.05. The maximum atomic E-state index is 10.9. The second-order valence-electron chi connectivity index (χ2n) is 7.13. The number of aliphatic carboxylic acids is 1. The summed E-state index contributed by atoms with van der Waals surface area (Å²) in [6, 6.07) is 15.8. The van der Waals surface area contributed by atoms with Gasteiger partial charge in [-0.3, -0.25) is 9.78 Å². The number of aryl methyl sites for hydroxylation is 1. The summed E-state index contributed by atoms with van der Waals surface area (Å²) in [6.07, 6.45) is 3.74. The van der Waals surface area contributed by atoms with E-state index in [0.29, 0.717) is 29.7 Å². The molecule has 0 fully saturated rings. The smallest absolute Gasteiger partial charge is 0.305 e. The van der Waals surface area contributed by atoms with E-state index in [2.05, 4.69) is 30.9 Å². The van der Waals surface area contributed by atoms with Crippen molar-refractivity contribution in [3.05, 3.63) is 65.9 Å². The third-order valence-electron chi connectivity index (χ3n) is 4.63. The van der Waals surface area contributed by atoms with Crippen molar-refractivity contribution in [2.24, 2.45) is 0 Å². The van der Waals surface area contributed by atoms with Gasteiger partial charge in [0.15, 0.2) is 5.82 Å². The van der Waals surface area contributed by atoms with Gasteiger partial charge in [-0.25, -0.2) is 9.97 Å². The van der Waals surface area contributed by atoms with Crippen molar-refractivity contribution in [1.29, 1.82) is 0 Å². The maximum absolute atomic E-state index is 10.9. The molecule has 163 valence electrons. The van der Waals surface area contributed by atoms with E-state index in [0.717, 1.165) is 24.9 Å². The zero-order valence-electron chi connectivity index (χ0n) is 18.6. The monoisotopic (exact) mass is 427 g/mol. The van der Waals surface area contributed by atoms with Gasteiger partial charge in [0.2, 0.25) is 0 Å². The predicted octanol–water partition coefficient (Wildman–Crippen LogP) is 2.81. The second kappa shape index (κ2) is 13.5. The van der Waals surface area contributed by atoms with Crippen LogP contribution in [0.3, 0.4) is 0 Å². The van der Waals surface area contributed by atoms with Crippen LogP contribution in [0.2, 0.25) is 0 Å². The molecule has 3 rings (SSSR count). The summed E-state index contributed by atoms with van der Waals surface area (Å²) >= 11 is 0. The third kappa shape index (κ3) is 8.31. The number of carboxylic acid groups (broad SMARTS) is 1. The van der Waals surface area contributed by atoms with Crippen LogP contribution >= 0.6 is 0 Å².